The van der Waals surface area contributed by atoms with Gasteiger partial charge in [0, 0.05) is 19.1 Å². The van der Waals surface area contributed by atoms with E-state index in [4.69, 9.17) is 0 Å². The van der Waals surface area contributed by atoms with Crippen LogP contribution in [0, 0.1) is 11.8 Å². The van der Waals surface area contributed by atoms with Gasteiger partial charge in [-0.3, -0.25) is 9.59 Å². The van der Waals surface area contributed by atoms with Crippen LogP contribution in [-0.2, 0) is 9.59 Å². The summed E-state index contributed by atoms with van der Waals surface area (Å²) < 4.78 is 0. The standard InChI is InChI=1S/C16H26N2O3/c1-17(2)16(9-6-10-16)11-18(3)14(19)12-7-4-5-8-13(12)15(20)21/h4-5,12-13H,6-11H2,1-3H3,(H,20,21)/t12-,13+/m1/s1. The molecule has 0 aliphatic heterocycles. The molecule has 5 nitrogen and oxygen atoms in total. The van der Waals surface area contributed by atoms with Gasteiger partial charge in [-0.25, -0.2) is 0 Å². The number of nitrogens with zero attached hydrogens (tertiary/aromatic N) is 2. The SMILES string of the molecule is CN(CC1(N(C)C)CCC1)C(=O)[C@@H]1CC=CC[C@@H]1C(=O)O. The van der Waals surface area contributed by atoms with Crippen molar-refractivity contribution in [1.29, 1.82) is 0 Å². The smallest absolute Gasteiger partial charge is 0.307 e. The summed E-state index contributed by atoms with van der Waals surface area (Å²) in [5.41, 5.74) is 0.0770. The van der Waals surface area contributed by atoms with Gasteiger partial charge in [0.05, 0.1) is 11.8 Å². The number of rotatable bonds is 5. The van der Waals surface area contributed by atoms with E-state index >= 15 is 0 Å². The Balaban J connectivity index is 2.04. The Morgan fingerprint density at radius 3 is 2.14 bits per heavy atom. The Labute approximate surface area is 126 Å². The molecule has 21 heavy (non-hydrogen) atoms. The van der Waals surface area contributed by atoms with E-state index in [0.717, 1.165) is 12.8 Å². The second kappa shape index (κ2) is 6.18. The number of carbonyl (C=O) groups excluding carboxylic acids is 1. The minimum absolute atomic E-state index is 0.0279. The molecular weight excluding hydrogens is 268 g/mol. The number of hydrogen-bond donors (Lipinski definition) is 1. The predicted octanol–water partition coefficient (Wildman–Crippen LogP) is 1.60. The Bertz CT molecular complexity index is 441. The summed E-state index contributed by atoms with van der Waals surface area (Å²) in [4.78, 5) is 28.0. The van der Waals surface area contributed by atoms with Crippen molar-refractivity contribution in [3.63, 3.8) is 0 Å². The van der Waals surface area contributed by atoms with Crippen LogP contribution in [0.1, 0.15) is 32.1 Å². The molecule has 2 aliphatic carbocycles. The van der Waals surface area contributed by atoms with Gasteiger partial charge in [-0.15, -0.1) is 0 Å². The van der Waals surface area contributed by atoms with Crippen molar-refractivity contribution in [2.24, 2.45) is 11.8 Å². The molecule has 0 spiro atoms. The first-order chi connectivity index (χ1) is 9.87. The normalized spacial score (nSPS) is 27.2. The molecule has 1 fully saturated rings. The number of allylic oxidation sites excluding steroid dienone is 2. The predicted molar refractivity (Wildman–Crippen MR) is 80.9 cm³/mol. The van der Waals surface area contributed by atoms with E-state index in [1.807, 2.05) is 19.2 Å². The van der Waals surface area contributed by atoms with E-state index in [-0.39, 0.29) is 11.4 Å². The molecular formula is C16H26N2O3. The van der Waals surface area contributed by atoms with Crippen LogP contribution in [0.25, 0.3) is 0 Å². The number of aliphatic carboxylic acids is 1. The van der Waals surface area contributed by atoms with Crippen molar-refractivity contribution in [2.45, 2.75) is 37.6 Å². The molecule has 0 bridgehead atoms. The summed E-state index contributed by atoms with van der Waals surface area (Å²) in [7, 11) is 5.92. The highest BCUT2D eigenvalue weighted by Gasteiger charge is 2.42. The summed E-state index contributed by atoms with van der Waals surface area (Å²) in [6, 6.07) is 0. The first kappa shape index (κ1) is 16.0. The molecule has 2 atom stereocenters. The Morgan fingerprint density at radius 2 is 1.71 bits per heavy atom. The fraction of sp³-hybridized carbons (Fsp3) is 0.750. The van der Waals surface area contributed by atoms with Gasteiger partial charge in [-0.05, 0) is 46.2 Å². The zero-order valence-corrected chi connectivity index (χ0v) is 13.2. The van der Waals surface area contributed by atoms with Crippen LogP contribution in [0.5, 0.6) is 0 Å². The van der Waals surface area contributed by atoms with E-state index in [9.17, 15) is 14.7 Å². The maximum atomic E-state index is 12.7. The average Bonchev–Trinajstić information content (AvgIpc) is 2.41. The summed E-state index contributed by atoms with van der Waals surface area (Å²) >= 11 is 0. The molecule has 2 rings (SSSR count). The second-order valence-electron chi connectivity index (χ2n) is 6.66. The first-order valence-corrected chi connectivity index (χ1v) is 7.67. The number of hydrogen-bond acceptors (Lipinski definition) is 3. The molecule has 0 radical (unpaired) electrons. The molecule has 0 heterocycles. The highest BCUT2D eigenvalue weighted by atomic mass is 16.4. The molecule has 0 saturated heterocycles. The lowest BCUT2D eigenvalue weighted by Crippen LogP contribution is -2.58. The fourth-order valence-corrected chi connectivity index (χ4v) is 3.49. The molecule has 5 heteroatoms. The molecule has 118 valence electrons. The zero-order valence-electron chi connectivity index (χ0n) is 13.2. The molecule has 0 unspecified atom stereocenters. The number of carboxylic acid groups (broad SMARTS) is 1. The second-order valence-corrected chi connectivity index (χ2v) is 6.66. The quantitative estimate of drug-likeness (QED) is 0.782. The van der Waals surface area contributed by atoms with Crippen molar-refractivity contribution >= 4 is 11.9 Å². The number of carboxylic acids is 1. The van der Waals surface area contributed by atoms with Gasteiger partial charge >= 0.3 is 5.97 Å². The van der Waals surface area contributed by atoms with Crippen LogP contribution >= 0.6 is 0 Å². The Morgan fingerprint density at radius 1 is 1.14 bits per heavy atom. The third-order valence-electron chi connectivity index (χ3n) is 5.21. The van der Waals surface area contributed by atoms with Crippen LogP contribution in [0.3, 0.4) is 0 Å². The highest BCUT2D eigenvalue weighted by molar-refractivity contribution is 5.85. The van der Waals surface area contributed by atoms with Crippen molar-refractivity contribution in [3.05, 3.63) is 12.2 Å². The van der Waals surface area contributed by atoms with Crippen LogP contribution in [-0.4, -0.2) is 60.0 Å². The molecule has 1 N–H and O–H groups in total. The van der Waals surface area contributed by atoms with E-state index in [1.54, 1.807) is 4.90 Å². The maximum absolute atomic E-state index is 12.7. The first-order valence-electron chi connectivity index (χ1n) is 7.67. The monoisotopic (exact) mass is 294 g/mol. The van der Waals surface area contributed by atoms with Crippen LogP contribution in [0.2, 0.25) is 0 Å². The van der Waals surface area contributed by atoms with Gasteiger partial charge in [-0.1, -0.05) is 12.2 Å². The Hall–Kier alpha value is -1.36. The fourth-order valence-electron chi connectivity index (χ4n) is 3.49. The van der Waals surface area contributed by atoms with Gasteiger partial charge in [-0.2, -0.15) is 0 Å². The number of amides is 1. The molecule has 0 aromatic carbocycles. The Kier molecular flexibility index (Phi) is 4.71. The number of likely N-dealkylation sites (N-methyl/N-ethyl adjacent to an activating group) is 2. The third kappa shape index (κ3) is 3.12. The molecule has 1 amide bonds. The van der Waals surface area contributed by atoms with Gasteiger partial charge < -0.3 is 14.9 Å². The molecule has 1 saturated carbocycles. The van der Waals surface area contributed by atoms with Crippen molar-refractivity contribution < 1.29 is 14.7 Å². The van der Waals surface area contributed by atoms with Crippen molar-refractivity contribution in [2.75, 3.05) is 27.7 Å². The van der Waals surface area contributed by atoms with Gasteiger partial charge in [0.1, 0.15) is 0 Å². The molecule has 2 aliphatic rings. The molecule has 0 aromatic heterocycles. The van der Waals surface area contributed by atoms with E-state index in [1.165, 1.54) is 6.42 Å². The van der Waals surface area contributed by atoms with Crippen molar-refractivity contribution in [1.82, 2.24) is 9.80 Å². The maximum Gasteiger partial charge on any atom is 0.307 e. The third-order valence-corrected chi connectivity index (χ3v) is 5.21. The molecule has 0 aromatic rings. The minimum atomic E-state index is -0.864. The van der Waals surface area contributed by atoms with Gasteiger partial charge in [0.25, 0.3) is 0 Å². The van der Waals surface area contributed by atoms with Crippen molar-refractivity contribution in [3.8, 4) is 0 Å². The topological polar surface area (TPSA) is 60.9 Å². The van der Waals surface area contributed by atoms with E-state index in [0.29, 0.717) is 19.4 Å². The lowest BCUT2D eigenvalue weighted by Gasteiger charge is -2.49. The summed E-state index contributed by atoms with van der Waals surface area (Å²) in [5, 5.41) is 9.30. The van der Waals surface area contributed by atoms with Crippen LogP contribution < -0.4 is 0 Å². The lowest BCUT2D eigenvalue weighted by molar-refractivity contribution is -0.151. The van der Waals surface area contributed by atoms with Gasteiger partial charge in [0.15, 0.2) is 0 Å². The van der Waals surface area contributed by atoms with E-state index in [2.05, 4.69) is 19.0 Å². The van der Waals surface area contributed by atoms with Crippen LogP contribution in [0.15, 0.2) is 12.2 Å². The average molecular weight is 294 g/mol. The lowest BCUT2D eigenvalue weighted by atomic mass is 9.75. The van der Waals surface area contributed by atoms with Crippen LogP contribution in [0.4, 0.5) is 0 Å². The van der Waals surface area contributed by atoms with E-state index < -0.39 is 17.8 Å². The largest absolute Gasteiger partial charge is 0.481 e. The minimum Gasteiger partial charge on any atom is -0.481 e. The van der Waals surface area contributed by atoms with Gasteiger partial charge in [0.2, 0.25) is 5.91 Å². The summed E-state index contributed by atoms with van der Waals surface area (Å²) in [6.45, 7) is 0.686. The highest BCUT2D eigenvalue weighted by Crippen LogP contribution is 2.37. The summed E-state index contributed by atoms with van der Waals surface area (Å²) in [6.07, 6.45) is 8.20. The summed E-state index contributed by atoms with van der Waals surface area (Å²) in [5.74, 6) is -1.89. The zero-order chi connectivity index (χ0) is 15.6. The number of carbonyl (C=O) groups is 2.